The number of benzene rings is 1. The highest BCUT2D eigenvalue weighted by molar-refractivity contribution is 5.28. The fourth-order valence-electron chi connectivity index (χ4n) is 3.12. The normalized spacial score (nSPS) is 18.5. The van der Waals surface area contributed by atoms with E-state index in [-0.39, 0.29) is 0 Å². The molecule has 1 aliphatic rings. The molecule has 2 rings (SSSR count). The highest BCUT2D eigenvalue weighted by atomic mass is 14.9. The molecule has 1 aromatic rings. The van der Waals surface area contributed by atoms with E-state index in [0.717, 1.165) is 12.5 Å². The molecule has 17 heavy (non-hydrogen) atoms. The Morgan fingerprint density at radius 1 is 1.24 bits per heavy atom. The van der Waals surface area contributed by atoms with E-state index in [1.54, 1.807) is 0 Å². The molecule has 1 N–H and O–H groups in total. The Balaban J connectivity index is 2.08. The van der Waals surface area contributed by atoms with Gasteiger partial charge in [-0.25, -0.2) is 0 Å². The van der Waals surface area contributed by atoms with Crippen molar-refractivity contribution in [3.63, 3.8) is 0 Å². The van der Waals surface area contributed by atoms with Gasteiger partial charge in [-0.2, -0.15) is 0 Å². The van der Waals surface area contributed by atoms with Crippen molar-refractivity contribution in [3.05, 3.63) is 35.4 Å². The van der Waals surface area contributed by atoms with Crippen molar-refractivity contribution in [2.75, 3.05) is 6.54 Å². The lowest BCUT2D eigenvalue weighted by molar-refractivity contribution is 0.400. The van der Waals surface area contributed by atoms with Crippen LogP contribution in [0, 0.1) is 12.8 Å². The van der Waals surface area contributed by atoms with Crippen molar-refractivity contribution >= 4 is 0 Å². The van der Waals surface area contributed by atoms with Crippen LogP contribution in [0.15, 0.2) is 24.3 Å². The van der Waals surface area contributed by atoms with Gasteiger partial charge in [-0.05, 0) is 36.9 Å². The third kappa shape index (κ3) is 3.32. The minimum Gasteiger partial charge on any atom is -0.310 e. The number of aryl methyl sites for hydroxylation is 1. The highest BCUT2D eigenvalue weighted by Gasteiger charge is 2.21. The summed E-state index contributed by atoms with van der Waals surface area (Å²) in [5.74, 6) is 0.943. The van der Waals surface area contributed by atoms with Crippen molar-refractivity contribution in [2.45, 2.75) is 52.0 Å². The van der Waals surface area contributed by atoms with Crippen LogP contribution in [0.5, 0.6) is 0 Å². The average molecular weight is 231 g/mol. The molecule has 1 saturated carbocycles. The smallest absolute Gasteiger partial charge is 0.0325 e. The van der Waals surface area contributed by atoms with Gasteiger partial charge in [0.05, 0.1) is 0 Å². The van der Waals surface area contributed by atoms with Crippen molar-refractivity contribution < 1.29 is 0 Å². The van der Waals surface area contributed by atoms with E-state index in [0.29, 0.717) is 6.04 Å². The minimum atomic E-state index is 0.560. The quantitative estimate of drug-likeness (QED) is 0.800. The van der Waals surface area contributed by atoms with E-state index >= 15 is 0 Å². The fraction of sp³-hybridized carbons (Fsp3) is 0.625. The zero-order valence-corrected chi connectivity index (χ0v) is 11.2. The average Bonchev–Trinajstić information content (AvgIpc) is 2.82. The Bertz CT molecular complexity index is 339. The second kappa shape index (κ2) is 6.20. The molecule has 1 unspecified atom stereocenters. The fourth-order valence-corrected chi connectivity index (χ4v) is 3.12. The first kappa shape index (κ1) is 12.6. The molecular formula is C16H25N. The molecule has 0 spiro atoms. The van der Waals surface area contributed by atoms with E-state index in [4.69, 9.17) is 0 Å². The lowest BCUT2D eigenvalue weighted by Gasteiger charge is -2.23. The van der Waals surface area contributed by atoms with E-state index in [9.17, 15) is 0 Å². The van der Waals surface area contributed by atoms with Crippen LogP contribution in [0.1, 0.15) is 56.2 Å². The van der Waals surface area contributed by atoms with E-state index in [1.807, 2.05) is 0 Å². The summed E-state index contributed by atoms with van der Waals surface area (Å²) in [6.45, 7) is 5.50. The van der Waals surface area contributed by atoms with E-state index in [2.05, 4.69) is 43.4 Å². The molecule has 0 amide bonds. The second-order valence-corrected chi connectivity index (χ2v) is 5.35. The maximum absolute atomic E-state index is 3.67. The summed E-state index contributed by atoms with van der Waals surface area (Å²) in [4.78, 5) is 0. The maximum Gasteiger partial charge on any atom is 0.0325 e. The molecule has 1 atom stereocenters. The van der Waals surface area contributed by atoms with Crippen LogP contribution in [0.4, 0.5) is 0 Å². The van der Waals surface area contributed by atoms with E-state index in [1.165, 1.54) is 43.2 Å². The standard InChI is InChI=1S/C16H25N/c1-3-17-16(12-14-9-5-6-10-14)15-11-7-4-8-13(15)2/h4,7-8,11,14,16-17H,3,5-6,9-10,12H2,1-2H3. The summed E-state index contributed by atoms with van der Waals surface area (Å²) in [5.41, 5.74) is 2.93. The maximum atomic E-state index is 3.67. The number of nitrogens with one attached hydrogen (secondary N) is 1. The Kier molecular flexibility index (Phi) is 4.61. The summed E-state index contributed by atoms with van der Waals surface area (Å²) in [5, 5.41) is 3.67. The summed E-state index contributed by atoms with van der Waals surface area (Å²) in [7, 11) is 0. The van der Waals surface area contributed by atoms with Crippen LogP contribution in [-0.2, 0) is 0 Å². The van der Waals surface area contributed by atoms with Gasteiger partial charge in [-0.1, -0.05) is 56.9 Å². The van der Waals surface area contributed by atoms with Gasteiger partial charge in [0, 0.05) is 6.04 Å². The SMILES string of the molecule is CCNC(CC1CCCC1)c1ccccc1C. The third-order valence-corrected chi connectivity index (χ3v) is 4.06. The number of hydrogen-bond acceptors (Lipinski definition) is 1. The van der Waals surface area contributed by atoms with Gasteiger partial charge in [-0.3, -0.25) is 0 Å². The van der Waals surface area contributed by atoms with Crippen LogP contribution in [0.25, 0.3) is 0 Å². The van der Waals surface area contributed by atoms with Gasteiger partial charge in [0.25, 0.3) is 0 Å². The summed E-state index contributed by atoms with van der Waals surface area (Å²) < 4.78 is 0. The molecule has 1 aromatic carbocycles. The summed E-state index contributed by atoms with van der Waals surface area (Å²) in [6, 6.07) is 9.38. The van der Waals surface area contributed by atoms with E-state index < -0.39 is 0 Å². The van der Waals surface area contributed by atoms with Crippen molar-refractivity contribution in [1.29, 1.82) is 0 Å². The van der Waals surface area contributed by atoms with Crippen molar-refractivity contribution in [3.8, 4) is 0 Å². The van der Waals surface area contributed by atoms with Gasteiger partial charge >= 0.3 is 0 Å². The zero-order valence-electron chi connectivity index (χ0n) is 11.2. The first-order valence-electron chi connectivity index (χ1n) is 7.10. The molecule has 94 valence electrons. The molecule has 1 heteroatoms. The zero-order chi connectivity index (χ0) is 12.1. The largest absolute Gasteiger partial charge is 0.310 e. The van der Waals surface area contributed by atoms with Gasteiger partial charge < -0.3 is 5.32 Å². The highest BCUT2D eigenvalue weighted by Crippen LogP contribution is 2.33. The molecule has 1 aliphatic carbocycles. The monoisotopic (exact) mass is 231 g/mol. The molecule has 1 fully saturated rings. The van der Waals surface area contributed by atoms with Crippen molar-refractivity contribution in [1.82, 2.24) is 5.32 Å². The molecule has 0 heterocycles. The lowest BCUT2D eigenvalue weighted by Crippen LogP contribution is -2.23. The molecule has 0 bridgehead atoms. The predicted molar refractivity (Wildman–Crippen MR) is 74.2 cm³/mol. The van der Waals surface area contributed by atoms with Gasteiger partial charge in [0.1, 0.15) is 0 Å². The Hall–Kier alpha value is -0.820. The number of hydrogen-bond donors (Lipinski definition) is 1. The Morgan fingerprint density at radius 3 is 2.59 bits per heavy atom. The van der Waals surface area contributed by atoms with Gasteiger partial charge in [0.2, 0.25) is 0 Å². The van der Waals surface area contributed by atoms with Crippen LogP contribution < -0.4 is 5.32 Å². The minimum absolute atomic E-state index is 0.560. The third-order valence-electron chi connectivity index (χ3n) is 4.06. The first-order valence-corrected chi connectivity index (χ1v) is 7.10. The molecule has 0 saturated heterocycles. The first-order chi connectivity index (χ1) is 8.31. The Morgan fingerprint density at radius 2 is 1.94 bits per heavy atom. The van der Waals surface area contributed by atoms with Crippen LogP contribution in [-0.4, -0.2) is 6.54 Å². The van der Waals surface area contributed by atoms with Crippen molar-refractivity contribution in [2.24, 2.45) is 5.92 Å². The topological polar surface area (TPSA) is 12.0 Å². The van der Waals surface area contributed by atoms with Gasteiger partial charge in [-0.15, -0.1) is 0 Å². The molecule has 0 aromatic heterocycles. The summed E-state index contributed by atoms with van der Waals surface area (Å²) >= 11 is 0. The molecular weight excluding hydrogens is 206 g/mol. The molecule has 0 aliphatic heterocycles. The van der Waals surface area contributed by atoms with Crippen LogP contribution in [0.3, 0.4) is 0 Å². The summed E-state index contributed by atoms with van der Waals surface area (Å²) in [6.07, 6.45) is 7.08. The van der Waals surface area contributed by atoms with Crippen LogP contribution in [0.2, 0.25) is 0 Å². The van der Waals surface area contributed by atoms with Gasteiger partial charge in [0.15, 0.2) is 0 Å². The lowest BCUT2D eigenvalue weighted by atomic mass is 9.91. The predicted octanol–water partition coefficient (Wildman–Crippen LogP) is 4.23. The Labute approximate surface area is 106 Å². The second-order valence-electron chi connectivity index (χ2n) is 5.35. The van der Waals surface area contributed by atoms with Crippen LogP contribution >= 0.6 is 0 Å². The molecule has 1 nitrogen and oxygen atoms in total. The number of rotatable bonds is 5. The molecule has 0 radical (unpaired) electrons.